The number of carbonyl (C=O) groups is 3. The van der Waals surface area contributed by atoms with Crippen LogP contribution in [0.3, 0.4) is 0 Å². The van der Waals surface area contributed by atoms with Gasteiger partial charge in [-0.2, -0.15) is 0 Å². The molecule has 4 atom stereocenters. The van der Waals surface area contributed by atoms with E-state index in [0.29, 0.717) is 37.6 Å². The van der Waals surface area contributed by atoms with Crippen LogP contribution < -0.4 is 10.6 Å². The predicted molar refractivity (Wildman–Crippen MR) is 166 cm³/mol. The third kappa shape index (κ3) is 5.72. The van der Waals surface area contributed by atoms with Crippen LogP contribution in [0, 0.1) is 12.8 Å². The summed E-state index contributed by atoms with van der Waals surface area (Å²) >= 11 is 2.96. The summed E-state index contributed by atoms with van der Waals surface area (Å²) in [4.78, 5) is 48.3. The van der Waals surface area contributed by atoms with Crippen molar-refractivity contribution >= 4 is 40.4 Å². The first-order valence-corrected chi connectivity index (χ1v) is 16.2. The minimum absolute atomic E-state index is 0.0207. The van der Waals surface area contributed by atoms with E-state index in [4.69, 9.17) is 0 Å². The molecule has 2 aromatic heterocycles. The Morgan fingerprint density at radius 3 is 2.27 bits per heavy atom. The second-order valence-electron chi connectivity index (χ2n) is 11.9. The van der Waals surface area contributed by atoms with Crippen molar-refractivity contribution in [2.75, 3.05) is 32.7 Å². The van der Waals surface area contributed by atoms with Crippen LogP contribution in [0.25, 0.3) is 0 Å². The first kappa shape index (κ1) is 29.5. The summed E-state index contributed by atoms with van der Waals surface area (Å²) in [5, 5.41) is 10.2. The molecule has 2 aliphatic rings. The second-order valence-corrected chi connectivity index (χ2v) is 13.8. The second kappa shape index (κ2) is 12.1. The number of nitrogens with one attached hydrogen (secondary N) is 2. The number of carbonyl (C=O) groups excluding carboxylic acids is 3. The van der Waals surface area contributed by atoms with E-state index in [2.05, 4.69) is 55.7 Å². The quantitative estimate of drug-likeness (QED) is 0.366. The summed E-state index contributed by atoms with van der Waals surface area (Å²) in [6, 6.07) is 12.4. The fourth-order valence-electron chi connectivity index (χ4n) is 6.21. The van der Waals surface area contributed by atoms with E-state index in [1.807, 2.05) is 47.7 Å². The molecule has 4 unspecified atom stereocenters. The predicted octanol–water partition coefficient (Wildman–Crippen LogP) is 5.59. The Morgan fingerprint density at radius 1 is 1.00 bits per heavy atom. The Kier molecular flexibility index (Phi) is 8.68. The number of nitrogens with zero attached hydrogens (tertiary/aromatic N) is 2. The maximum absolute atomic E-state index is 14.6. The van der Waals surface area contributed by atoms with Crippen molar-refractivity contribution in [1.29, 1.82) is 0 Å². The molecular weight excluding hydrogens is 553 g/mol. The lowest BCUT2D eigenvalue weighted by atomic mass is 9.77. The zero-order chi connectivity index (χ0) is 29.3. The summed E-state index contributed by atoms with van der Waals surface area (Å²) in [5.41, 5.74) is 3.07. The SMILES string of the molecule is CCNC(=O)N1C(C(=O)N2CCNCC2)C(c2ccc(C(C)(C)C)cc2)C(C(=O)c2cccs2)C1c1sccc1C. The van der Waals surface area contributed by atoms with Crippen molar-refractivity contribution in [1.82, 2.24) is 20.4 Å². The topological polar surface area (TPSA) is 81.8 Å². The summed E-state index contributed by atoms with van der Waals surface area (Å²) in [5.74, 6) is -1.24. The van der Waals surface area contributed by atoms with Gasteiger partial charge in [0.25, 0.3) is 0 Å². The summed E-state index contributed by atoms with van der Waals surface area (Å²) in [7, 11) is 0. The average molecular weight is 593 g/mol. The van der Waals surface area contributed by atoms with Crippen LogP contribution >= 0.6 is 22.7 Å². The van der Waals surface area contributed by atoms with Gasteiger partial charge in [0.15, 0.2) is 5.78 Å². The lowest BCUT2D eigenvalue weighted by Crippen LogP contribution is -2.56. The molecule has 2 N–H and O–H groups in total. The first-order chi connectivity index (χ1) is 19.6. The highest BCUT2D eigenvalue weighted by Crippen LogP contribution is 2.53. The Labute approximate surface area is 250 Å². The molecule has 0 radical (unpaired) electrons. The maximum atomic E-state index is 14.6. The van der Waals surface area contributed by atoms with Gasteiger partial charge in [0.1, 0.15) is 6.04 Å². The number of hydrogen-bond acceptors (Lipinski definition) is 6. The van der Waals surface area contributed by atoms with Crippen molar-refractivity contribution in [3.05, 3.63) is 79.7 Å². The van der Waals surface area contributed by atoms with E-state index >= 15 is 0 Å². The number of benzene rings is 1. The van der Waals surface area contributed by atoms with E-state index < -0.39 is 23.9 Å². The molecule has 0 saturated carbocycles. The van der Waals surface area contributed by atoms with Gasteiger partial charge in [0.2, 0.25) is 5.91 Å². The molecule has 0 bridgehead atoms. The minimum Gasteiger partial charge on any atom is -0.338 e. The van der Waals surface area contributed by atoms with Crippen LogP contribution in [0.4, 0.5) is 4.79 Å². The number of amides is 3. The van der Waals surface area contributed by atoms with Crippen LogP contribution in [0.5, 0.6) is 0 Å². The number of piperazine rings is 1. The Balaban J connectivity index is 1.74. The zero-order valence-electron chi connectivity index (χ0n) is 24.5. The van der Waals surface area contributed by atoms with Gasteiger partial charge in [-0.1, -0.05) is 51.1 Å². The van der Waals surface area contributed by atoms with Gasteiger partial charge in [-0.05, 0) is 58.8 Å². The normalized spacial score (nSPS) is 23.0. The molecule has 7 nitrogen and oxygen atoms in total. The number of hydrogen-bond donors (Lipinski definition) is 2. The third-order valence-electron chi connectivity index (χ3n) is 8.31. The average Bonchev–Trinajstić information content (AvgIpc) is 3.71. The van der Waals surface area contributed by atoms with Crippen molar-refractivity contribution < 1.29 is 14.4 Å². The van der Waals surface area contributed by atoms with Crippen molar-refractivity contribution in [2.24, 2.45) is 5.92 Å². The maximum Gasteiger partial charge on any atom is 0.318 e. The molecule has 9 heteroatoms. The molecular formula is C32H40N4O3S2. The lowest BCUT2D eigenvalue weighted by Gasteiger charge is -2.36. The number of thiophene rings is 2. The highest BCUT2D eigenvalue weighted by molar-refractivity contribution is 7.12. The molecule has 218 valence electrons. The number of rotatable bonds is 6. The fourth-order valence-corrected chi connectivity index (χ4v) is 8.00. The summed E-state index contributed by atoms with van der Waals surface area (Å²) in [6.45, 7) is 13.4. The van der Waals surface area contributed by atoms with Crippen LogP contribution in [0.1, 0.15) is 70.9 Å². The molecule has 2 fully saturated rings. The molecule has 41 heavy (non-hydrogen) atoms. The smallest absolute Gasteiger partial charge is 0.318 e. The van der Waals surface area contributed by atoms with Crippen molar-refractivity contribution in [2.45, 2.75) is 58.0 Å². The van der Waals surface area contributed by atoms with E-state index in [1.54, 1.807) is 16.2 Å². The Morgan fingerprint density at radius 2 is 1.71 bits per heavy atom. The van der Waals surface area contributed by atoms with Gasteiger partial charge in [0, 0.05) is 43.5 Å². The van der Waals surface area contributed by atoms with Crippen LogP contribution in [0.2, 0.25) is 0 Å². The molecule has 3 amide bonds. The molecule has 0 spiro atoms. The number of ketones is 1. The monoisotopic (exact) mass is 592 g/mol. The first-order valence-electron chi connectivity index (χ1n) is 14.4. The van der Waals surface area contributed by atoms with Crippen LogP contribution in [-0.4, -0.2) is 66.3 Å². The summed E-state index contributed by atoms with van der Waals surface area (Å²) in [6.07, 6.45) is 0. The van der Waals surface area contributed by atoms with Gasteiger partial charge in [0.05, 0.1) is 16.8 Å². The highest BCUT2D eigenvalue weighted by Gasteiger charge is 2.58. The van der Waals surface area contributed by atoms with Gasteiger partial charge in [-0.15, -0.1) is 22.7 Å². The summed E-state index contributed by atoms with van der Waals surface area (Å²) < 4.78 is 0. The molecule has 5 rings (SSSR count). The van der Waals surface area contributed by atoms with E-state index in [9.17, 15) is 14.4 Å². The number of likely N-dealkylation sites (tertiary alicyclic amines) is 1. The van der Waals surface area contributed by atoms with Gasteiger partial charge >= 0.3 is 6.03 Å². The van der Waals surface area contributed by atoms with Gasteiger partial charge in [-0.25, -0.2) is 4.79 Å². The van der Waals surface area contributed by atoms with Crippen molar-refractivity contribution in [3.8, 4) is 0 Å². The Hall–Kier alpha value is -3.01. The minimum atomic E-state index is -0.819. The highest BCUT2D eigenvalue weighted by atomic mass is 32.1. The van der Waals surface area contributed by atoms with Gasteiger partial charge in [-0.3, -0.25) is 9.59 Å². The third-order valence-corrected chi connectivity index (χ3v) is 10.3. The lowest BCUT2D eigenvalue weighted by molar-refractivity contribution is -0.136. The number of aryl methyl sites for hydroxylation is 1. The van der Waals surface area contributed by atoms with Crippen LogP contribution in [-0.2, 0) is 10.2 Å². The zero-order valence-corrected chi connectivity index (χ0v) is 26.1. The molecule has 2 saturated heterocycles. The molecule has 0 aliphatic carbocycles. The number of Topliss-reactive ketones (excluding diaryl/α,β-unsaturated/α-hetero) is 1. The van der Waals surface area contributed by atoms with E-state index in [1.165, 1.54) is 16.9 Å². The molecule has 1 aromatic carbocycles. The molecule has 3 aromatic rings. The van der Waals surface area contributed by atoms with Gasteiger partial charge < -0.3 is 20.4 Å². The molecule has 2 aliphatic heterocycles. The van der Waals surface area contributed by atoms with E-state index in [-0.39, 0.29) is 23.1 Å². The molecule has 4 heterocycles. The fraction of sp³-hybridized carbons (Fsp3) is 0.469. The van der Waals surface area contributed by atoms with Crippen LogP contribution in [0.15, 0.2) is 53.2 Å². The van der Waals surface area contributed by atoms with Crippen molar-refractivity contribution in [3.63, 3.8) is 0 Å². The standard InChI is InChI=1S/C32H40N4O3S2/c1-6-34-31(39)36-26(29-20(2)13-19-41-29)25(28(37)23-8-7-18-40-23)24(21-9-11-22(12-10-21)32(3,4)5)27(36)30(38)35-16-14-33-15-17-35/h7-13,18-19,24-27,33H,6,14-17H2,1-5H3,(H,34,39). The largest absolute Gasteiger partial charge is 0.338 e. The Bertz CT molecular complexity index is 1370. The number of urea groups is 1. The van der Waals surface area contributed by atoms with E-state index in [0.717, 1.165) is 16.0 Å².